The number of nitrogens with one attached hydrogen (secondary N) is 1. The monoisotopic (exact) mass is 244 g/mol. The highest BCUT2D eigenvalue weighted by Crippen LogP contribution is 2.25. The normalized spacial score (nSPS) is 10.3. The van der Waals surface area contributed by atoms with E-state index in [0.29, 0.717) is 16.8 Å². The summed E-state index contributed by atoms with van der Waals surface area (Å²) in [6.07, 6.45) is 0. The Labute approximate surface area is 104 Å². The zero-order valence-corrected chi connectivity index (χ0v) is 10.1. The number of ketones is 1. The Morgan fingerprint density at radius 3 is 2.61 bits per heavy atom. The van der Waals surface area contributed by atoms with Crippen molar-refractivity contribution in [3.8, 4) is 11.3 Å². The number of rotatable bonds is 3. The number of aromatic amines is 1. The first kappa shape index (κ1) is 12.0. The van der Waals surface area contributed by atoms with Crippen molar-refractivity contribution < 1.29 is 9.72 Å². The van der Waals surface area contributed by atoms with Crippen molar-refractivity contribution in [1.29, 1.82) is 0 Å². The van der Waals surface area contributed by atoms with Crippen LogP contribution in [0, 0.1) is 17.0 Å². The van der Waals surface area contributed by atoms with E-state index in [0.717, 1.165) is 5.69 Å². The second kappa shape index (κ2) is 4.44. The maximum absolute atomic E-state index is 11.4. The largest absolute Gasteiger partial charge is 0.358 e. The van der Waals surface area contributed by atoms with Gasteiger partial charge in [0.1, 0.15) is 0 Å². The molecule has 0 bridgehead atoms. The Kier molecular flexibility index (Phi) is 2.97. The number of carbonyl (C=O) groups excluding carboxylic acids is 1. The van der Waals surface area contributed by atoms with Gasteiger partial charge in [0.15, 0.2) is 5.78 Å². The Balaban J connectivity index is 2.49. The predicted molar refractivity (Wildman–Crippen MR) is 67.6 cm³/mol. The van der Waals surface area contributed by atoms with Gasteiger partial charge in [-0.1, -0.05) is 12.1 Å². The fourth-order valence-corrected chi connectivity index (χ4v) is 1.87. The van der Waals surface area contributed by atoms with Gasteiger partial charge < -0.3 is 4.98 Å². The maximum Gasteiger partial charge on any atom is 0.270 e. The van der Waals surface area contributed by atoms with Crippen LogP contribution >= 0.6 is 0 Å². The summed E-state index contributed by atoms with van der Waals surface area (Å²) < 4.78 is 0. The van der Waals surface area contributed by atoms with Crippen LogP contribution in [-0.4, -0.2) is 15.7 Å². The third-order valence-corrected chi connectivity index (χ3v) is 2.76. The van der Waals surface area contributed by atoms with Gasteiger partial charge in [0.25, 0.3) is 5.69 Å². The zero-order chi connectivity index (χ0) is 13.3. The molecule has 2 aromatic rings. The number of hydrogen-bond donors (Lipinski definition) is 1. The van der Waals surface area contributed by atoms with Crippen LogP contribution < -0.4 is 0 Å². The van der Waals surface area contributed by atoms with Crippen LogP contribution in [0.5, 0.6) is 0 Å². The first-order chi connectivity index (χ1) is 8.49. The number of nitrogens with zero attached hydrogens (tertiary/aromatic N) is 1. The standard InChI is InChI=1S/C13H12N2O3/c1-8-12(9(2)16)7-13(14-8)10-4-3-5-11(6-10)15(17)18/h3-7,14H,1-2H3. The van der Waals surface area contributed by atoms with Crippen molar-refractivity contribution in [2.45, 2.75) is 13.8 Å². The highest BCUT2D eigenvalue weighted by molar-refractivity contribution is 5.96. The summed E-state index contributed by atoms with van der Waals surface area (Å²) in [7, 11) is 0. The molecule has 0 unspecified atom stereocenters. The third kappa shape index (κ3) is 2.15. The molecule has 0 radical (unpaired) electrons. The topological polar surface area (TPSA) is 76.0 Å². The predicted octanol–water partition coefficient (Wildman–Crippen LogP) is 3.10. The second-order valence-corrected chi connectivity index (χ2v) is 4.09. The van der Waals surface area contributed by atoms with Crippen LogP contribution in [0.4, 0.5) is 5.69 Å². The Bertz CT molecular complexity index is 629. The van der Waals surface area contributed by atoms with Gasteiger partial charge >= 0.3 is 0 Å². The molecule has 2 rings (SSSR count). The van der Waals surface area contributed by atoms with Gasteiger partial charge in [-0.2, -0.15) is 0 Å². The van der Waals surface area contributed by atoms with Crippen molar-refractivity contribution in [3.63, 3.8) is 0 Å². The van der Waals surface area contributed by atoms with E-state index < -0.39 is 4.92 Å². The quantitative estimate of drug-likeness (QED) is 0.512. The molecule has 92 valence electrons. The number of H-pyrrole nitrogens is 1. The van der Waals surface area contributed by atoms with Crippen LogP contribution in [-0.2, 0) is 0 Å². The molecule has 0 atom stereocenters. The molecule has 0 saturated carbocycles. The molecule has 0 aliphatic carbocycles. The zero-order valence-electron chi connectivity index (χ0n) is 10.1. The van der Waals surface area contributed by atoms with Gasteiger partial charge in [-0.05, 0) is 19.9 Å². The molecule has 0 aliphatic heterocycles. The van der Waals surface area contributed by atoms with E-state index in [1.54, 1.807) is 25.1 Å². The summed E-state index contributed by atoms with van der Waals surface area (Å²) in [4.78, 5) is 24.7. The highest BCUT2D eigenvalue weighted by Gasteiger charge is 2.12. The molecule has 1 N–H and O–H groups in total. The van der Waals surface area contributed by atoms with E-state index >= 15 is 0 Å². The molecule has 18 heavy (non-hydrogen) atoms. The number of nitro groups is 1. The summed E-state index contributed by atoms with van der Waals surface area (Å²) in [5, 5.41) is 10.7. The summed E-state index contributed by atoms with van der Waals surface area (Å²) >= 11 is 0. The molecule has 5 heteroatoms. The lowest BCUT2D eigenvalue weighted by Crippen LogP contribution is -1.90. The SMILES string of the molecule is CC(=O)c1cc(-c2cccc([N+](=O)[O-])c2)[nH]c1C. The van der Waals surface area contributed by atoms with E-state index in [-0.39, 0.29) is 11.5 Å². The lowest BCUT2D eigenvalue weighted by atomic mass is 10.1. The lowest BCUT2D eigenvalue weighted by molar-refractivity contribution is -0.384. The van der Waals surface area contributed by atoms with E-state index in [9.17, 15) is 14.9 Å². The van der Waals surface area contributed by atoms with E-state index in [2.05, 4.69) is 4.98 Å². The average molecular weight is 244 g/mol. The molecule has 0 amide bonds. The van der Waals surface area contributed by atoms with Crippen molar-refractivity contribution in [2.75, 3.05) is 0 Å². The minimum Gasteiger partial charge on any atom is -0.358 e. The fourth-order valence-electron chi connectivity index (χ4n) is 1.87. The van der Waals surface area contributed by atoms with Gasteiger partial charge in [0, 0.05) is 34.6 Å². The summed E-state index contributed by atoms with van der Waals surface area (Å²) in [6, 6.07) is 8.02. The second-order valence-electron chi connectivity index (χ2n) is 4.09. The van der Waals surface area contributed by atoms with Crippen molar-refractivity contribution in [2.24, 2.45) is 0 Å². The summed E-state index contributed by atoms with van der Waals surface area (Å²) in [5.74, 6) is -0.0274. The van der Waals surface area contributed by atoms with Crippen molar-refractivity contribution in [1.82, 2.24) is 4.98 Å². The molecule has 5 nitrogen and oxygen atoms in total. The van der Waals surface area contributed by atoms with Crippen LogP contribution in [0.25, 0.3) is 11.3 Å². The first-order valence-electron chi connectivity index (χ1n) is 5.44. The van der Waals surface area contributed by atoms with Crippen LogP contribution in [0.3, 0.4) is 0 Å². The van der Waals surface area contributed by atoms with Gasteiger partial charge in [0.05, 0.1) is 4.92 Å². The molecule has 0 saturated heterocycles. The Morgan fingerprint density at radius 1 is 1.33 bits per heavy atom. The fraction of sp³-hybridized carbons (Fsp3) is 0.154. The minimum absolute atomic E-state index is 0.0274. The molecule has 0 aliphatic rings. The van der Waals surface area contributed by atoms with Gasteiger partial charge in [-0.15, -0.1) is 0 Å². The molecule has 0 spiro atoms. The number of nitro benzene ring substituents is 1. The van der Waals surface area contributed by atoms with Crippen LogP contribution in [0.1, 0.15) is 23.0 Å². The number of aromatic nitrogens is 1. The Hall–Kier alpha value is -2.43. The maximum atomic E-state index is 11.4. The van der Waals surface area contributed by atoms with Gasteiger partial charge in [0.2, 0.25) is 0 Å². The molecule has 1 aromatic heterocycles. The average Bonchev–Trinajstić information content (AvgIpc) is 2.71. The van der Waals surface area contributed by atoms with E-state index in [1.807, 2.05) is 0 Å². The third-order valence-electron chi connectivity index (χ3n) is 2.76. The molecular formula is C13H12N2O3. The highest BCUT2D eigenvalue weighted by atomic mass is 16.6. The van der Waals surface area contributed by atoms with Crippen molar-refractivity contribution in [3.05, 3.63) is 51.7 Å². The van der Waals surface area contributed by atoms with Crippen molar-refractivity contribution >= 4 is 11.5 Å². The smallest absolute Gasteiger partial charge is 0.270 e. The number of benzene rings is 1. The minimum atomic E-state index is -0.439. The van der Waals surface area contributed by atoms with Gasteiger partial charge in [-0.3, -0.25) is 14.9 Å². The van der Waals surface area contributed by atoms with E-state index in [4.69, 9.17) is 0 Å². The number of Topliss-reactive ketones (excluding diaryl/α,β-unsaturated/α-hetero) is 1. The molecule has 0 fully saturated rings. The summed E-state index contributed by atoms with van der Waals surface area (Å²) in [5.41, 5.74) is 2.81. The number of aryl methyl sites for hydroxylation is 1. The molecule has 1 heterocycles. The Morgan fingerprint density at radius 2 is 2.06 bits per heavy atom. The van der Waals surface area contributed by atoms with Crippen LogP contribution in [0.15, 0.2) is 30.3 Å². The molecule has 1 aromatic carbocycles. The lowest BCUT2D eigenvalue weighted by Gasteiger charge is -1.97. The van der Waals surface area contributed by atoms with Gasteiger partial charge in [-0.25, -0.2) is 0 Å². The number of carbonyl (C=O) groups is 1. The number of non-ortho nitro benzene ring substituents is 1. The summed E-state index contributed by atoms with van der Waals surface area (Å²) in [6.45, 7) is 3.30. The number of hydrogen-bond acceptors (Lipinski definition) is 3. The molecular weight excluding hydrogens is 232 g/mol. The van der Waals surface area contributed by atoms with Crippen LogP contribution in [0.2, 0.25) is 0 Å². The first-order valence-corrected chi connectivity index (χ1v) is 5.44. The van der Waals surface area contributed by atoms with E-state index in [1.165, 1.54) is 19.1 Å².